The van der Waals surface area contributed by atoms with Crippen LogP contribution in [0.1, 0.15) is 19.3 Å². The van der Waals surface area contributed by atoms with E-state index in [-0.39, 0.29) is 5.92 Å². The molecule has 2 aliphatic heterocycles. The van der Waals surface area contributed by atoms with Crippen molar-refractivity contribution in [3.8, 4) is 0 Å². The summed E-state index contributed by atoms with van der Waals surface area (Å²) in [6.07, 6.45) is 8.12. The Hall–Kier alpha value is -1.73. The SMILES string of the molecule is COCCN1CCC(C(=O)N2CCCN(c3cnccn3)CC2)CC1. The van der Waals surface area contributed by atoms with E-state index in [1.165, 1.54) is 0 Å². The van der Waals surface area contributed by atoms with Gasteiger partial charge in [-0.25, -0.2) is 4.98 Å². The van der Waals surface area contributed by atoms with Crippen molar-refractivity contribution in [2.45, 2.75) is 19.3 Å². The smallest absolute Gasteiger partial charge is 0.225 e. The molecule has 7 heteroatoms. The molecule has 25 heavy (non-hydrogen) atoms. The van der Waals surface area contributed by atoms with Crippen LogP contribution in [0.25, 0.3) is 0 Å². The highest BCUT2D eigenvalue weighted by atomic mass is 16.5. The van der Waals surface area contributed by atoms with Crippen LogP contribution in [0.15, 0.2) is 18.6 Å². The van der Waals surface area contributed by atoms with E-state index in [1.54, 1.807) is 25.7 Å². The first-order chi connectivity index (χ1) is 12.3. The molecule has 2 aliphatic rings. The zero-order chi connectivity index (χ0) is 17.5. The van der Waals surface area contributed by atoms with Gasteiger partial charge in [0, 0.05) is 58.1 Å². The van der Waals surface area contributed by atoms with Crippen LogP contribution in [0.3, 0.4) is 0 Å². The predicted octanol–water partition coefficient (Wildman–Crippen LogP) is 0.874. The molecule has 0 bridgehead atoms. The third-order valence-electron chi connectivity index (χ3n) is 5.23. The van der Waals surface area contributed by atoms with Gasteiger partial charge in [-0.15, -0.1) is 0 Å². The van der Waals surface area contributed by atoms with Crippen LogP contribution in [0.5, 0.6) is 0 Å². The Bertz CT molecular complexity index is 534. The third-order valence-corrected chi connectivity index (χ3v) is 5.23. The van der Waals surface area contributed by atoms with Gasteiger partial charge in [0.05, 0.1) is 12.8 Å². The summed E-state index contributed by atoms with van der Waals surface area (Å²) in [5.41, 5.74) is 0. The van der Waals surface area contributed by atoms with Crippen LogP contribution in [0, 0.1) is 5.92 Å². The minimum atomic E-state index is 0.182. The first-order valence-corrected chi connectivity index (χ1v) is 9.29. The zero-order valence-corrected chi connectivity index (χ0v) is 15.1. The summed E-state index contributed by atoms with van der Waals surface area (Å²) in [6, 6.07) is 0. The molecule has 0 atom stereocenters. The largest absolute Gasteiger partial charge is 0.383 e. The fourth-order valence-electron chi connectivity index (χ4n) is 3.70. The molecule has 0 spiro atoms. The van der Waals surface area contributed by atoms with Gasteiger partial charge in [0.2, 0.25) is 5.91 Å². The van der Waals surface area contributed by atoms with Crippen LogP contribution in [0.2, 0.25) is 0 Å². The highest BCUT2D eigenvalue weighted by Crippen LogP contribution is 2.21. The first-order valence-electron chi connectivity index (χ1n) is 9.29. The number of amides is 1. The molecule has 2 saturated heterocycles. The summed E-state index contributed by atoms with van der Waals surface area (Å²) < 4.78 is 5.14. The lowest BCUT2D eigenvalue weighted by Gasteiger charge is -2.33. The van der Waals surface area contributed by atoms with Crippen LogP contribution < -0.4 is 4.90 Å². The third kappa shape index (κ3) is 4.89. The second kappa shape index (κ2) is 9.10. The quantitative estimate of drug-likeness (QED) is 0.788. The molecular formula is C18H29N5O2. The Labute approximate surface area is 150 Å². The lowest BCUT2D eigenvalue weighted by atomic mass is 9.95. The van der Waals surface area contributed by atoms with E-state index in [1.807, 2.05) is 0 Å². The summed E-state index contributed by atoms with van der Waals surface area (Å²) in [6.45, 7) is 7.11. The number of piperidine rings is 1. The van der Waals surface area contributed by atoms with Crippen molar-refractivity contribution in [3.63, 3.8) is 0 Å². The minimum Gasteiger partial charge on any atom is -0.383 e. The van der Waals surface area contributed by atoms with Crippen molar-refractivity contribution in [2.24, 2.45) is 5.92 Å². The molecule has 0 aliphatic carbocycles. The molecule has 7 nitrogen and oxygen atoms in total. The van der Waals surface area contributed by atoms with Crippen LogP contribution >= 0.6 is 0 Å². The number of rotatable bonds is 5. The normalized spacial score (nSPS) is 20.5. The van der Waals surface area contributed by atoms with Gasteiger partial charge in [0.25, 0.3) is 0 Å². The summed E-state index contributed by atoms with van der Waals surface area (Å²) in [5, 5.41) is 0. The maximum absolute atomic E-state index is 12.9. The molecular weight excluding hydrogens is 318 g/mol. The van der Waals surface area contributed by atoms with Crippen molar-refractivity contribution in [1.29, 1.82) is 0 Å². The topological polar surface area (TPSA) is 61.8 Å². The van der Waals surface area contributed by atoms with Crippen LogP contribution in [-0.4, -0.2) is 85.2 Å². The van der Waals surface area contributed by atoms with Gasteiger partial charge < -0.3 is 19.4 Å². The highest BCUT2D eigenvalue weighted by molar-refractivity contribution is 5.79. The van der Waals surface area contributed by atoms with Gasteiger partial charge in [0.1, 0.15) is 5.82 Å². The lowest BCUT2D eigenvalue weighted by molar-refractivity contribution is -0.136. The number of likely N-dealkylation sites (tertiary alicyclic amines) is 1. The molecule has 0 unspecified atom stereocenters. The van der Waals surface area contributed by atoms with Gasteiger partial charge in [-0.05, 0) is 32.4 Å². The van der Waals surface area contributed by atoms with Crippen molar-refractivity contribution in [2.75, 3.05) is 64.4 Å². The minimum absolute atomic E-state index is 0.182. The fourth-order valence-corrected chi connectivity index (χ4v) is 3.70. The van der Waals surface area contributed by atoms with E-state index in [0.29, 0.717) is 5.91 Å². The number of aromatic nitrogens is 2. The van der Waals surface area contributed by atoms with E-state index in [4.69, 9.17) is 4.74 Å². The highest BCUT2D eigenvalue weighted by Gasteiger charge is 2.29. The molecule has 138 valence electrons. The first kappa shape index (κ1) is 18.1. The van der Waals surface area contributed by atoms with Gasteiger partial charge in [-0.1, -0.05) is 0 Å². The standard InChI is InChI=1S/C18H29N5O2/c1-25-14-13-21-9-3-16(4-10-21)18(24)23-8-2-7-22(11-12-23)17-15-19-5-6-20-17/h5-6,15-16H,2-4,7-14H2,1H3. The molecule has 2 fully saturated rings. The summed E-state index contributed by atoms with van der Waals surface area (Å²) in [4.78, 5) is 28.1. The van der Waals surface area contributed by atoms with Crippen molar-refractivity contribution in [3.05, 3.63) is 18.6 Å². The Morgan fingerprint density at radius 1 is 1.16 bits per heavy atom. The number of hydrogen-bond acceptors (Lipinski definition) is 6. The summed E-state index contributed by atoms with van der Waals surface area (Å²) in [7, 11) is 1.74. The number of anilines is 1. The van der Waals surface area contributed by atoms with Crippen molar-refractivity contribution in [1.82, 2.24) is 19.8 Å². The molecule has 0 aromatic carbocycles. The maximum Gasteiger partial charge on any atom is 0.225 e. The molecule has 3 rings (SSSR count). The molecule has 3 heterocycles. The maximum atomic E-state index is 12.9. The Morgan fingerprint density at radius 3 is 2.72 bits per heavy atom. The number of hydrogen-bond donors (Lipinski definition) is 0. The number of carbonyl (C=O) groups excluding carboxylic acids is 1. The number of carbonyl (C=O) groups is 1. The zero-order valence-electron chi connectivity index (χ0n) is 15.1. The summed E-state index contributed by atoms with van der Waals surface area (Å²) >= 11 is 0. The fraction of sp³-hybridized carbons (Fsp3) is 0.722. The lowest BCUT2D eigenvalue weighted by Crippen LogP contribution is -2.44. The molecule has 0 radical (unpaired) electrons. The molecule has 0 N–H and O–H groups in total. The molecule has 1 aromatic heterocycles. The number of ether oxygens (including phenoxy) is 1. The average Bonchev–Trinajstić information content (AvgIpc) is 2.93. The molecule has 0 saturated carbocycles. The van der Waals surface area contributed by atoms with Crippen molar-refractivity contribution >= 4 is 11.7 Å². The predicted molar refractivity (Wildman–Crippen MR) is 96.5 cm³/mol. The van der Waals surface area contributed by atoms with E-state index in [9.17, 15) is 4.79 Å². The number of methoxy groups -OCH3 is 1. The van der Waals surface area contributed by atoms with E-state index < -0.39 is 0 Å². The van der Waals surface area contributed by atoms with Gasteiger partial charge in [-0.3, -0.25) is 9.78 Å². The average molecular weight is 347 g/mol. The van der Waals surface area contributed by atoms with Crippen molar-refractivity contribution < 1.29 is 9.53 Å². The van der Waals surface area contributed by atoms with Crippen LogP contribution in [0.4, 0.5) is 5.82 Å². The molecule has 1 aromatic rings. The van der Waals surface area contributed by atoms with E-state index >= 15 is 0 Å². The van der Waals surface area contributed by atoms with Gasteiger partial charge in [-0.2, -0.15) is 0 Å². The Balaban J connectivity index is 1.48. The molecule has 1 amide bonds. The van der Waals surface area contributed by atoms with E-state index in [0.717, 1.165) is 77.5 Å². The Kier molecular flexibility index (Phi) is 6.58. The second-order valence-corrected chi connectivity index (χ2v) is 6.84. The summed E-state index contributed by atoms with van der Waals surface area (Å²) in [5.74, 6) is 1.43. The second-order valence-electron chi connectivity index (χ2n) is 6.84. The van der Waals surface area contributed by atoms with Gasteiger partial charge in [0.15, 0.2) is 0 Å². The van der Waals surface area contributed by atoms with Gasteiger partial charge >= 0.3 is 0 Å². The Morgan fingerprint density at radius 2 is 2.00 bits per heavy atom. The monoisotopic (exact) mass is 347 g/mol. The van der Waals surface area contributed by atoms with Crippen LogP contribution in [-0.2, 0) is 9.53 Å². The number of nitrogens with zero attached hydrogens (tertiary/aromatic N) is 5. The van der Waals surface area contributed by atoms with E-state index in [2.05, 4.69) is 24.7 Å².